The summed E-state index contributed by atoms with van der Waals surface area (Å²) in [5.41, 5.74) is 20.8. The van der Waals surface area contributed by atoms with Crippen molar-refractivity contribution >= 4 is 47.5 Å². The number of esters is 5. The van der Waals surface area contributed by atoms with Crippen LogP contribution in [0, 0.1) is 47.3 Å². The summed E-state index contributed by atoms with van der Waals surface area (Å²) in [6.07, 6.45) is 21.4. The molecule has 5 fully saturated rings. The lowest BCUT2D eigenvalue weighted by molar-refractivity contribution is -0.156. The highest BCUT2D eigenvalue weighted by Crippen LogP contribution is 2.35. The van der Waals surface area contributed by atoms with E-state index in [1.54, 1.807) is 6.92 Å². The molecule has 0 spiro atoms. The Bertz CT molecular complexity index is 2640. The number of amides is 1. The van der Waals surface area contributed by atoms with Crippen LogP contribution < -0.4 is 17.2 Å². The van der Waals surface area contributed by atoms with Gasteiger partial charge < -0.3 is 46.0 Å². The summed E-state index contributed by atoms with van der Waals surface area (Å²) in [5, 5.41) is 9.03. The molecule has 5 aliphatic carbocycles. The number of carbonyl (C=O) groups is 8. The highest BCUT2D eigenvalue weighted by Gasteiger charge is 2.31. The lowest BCUT2D eigenvalue weighted by atomic mass is 9.78. The number of rotatable bonds is 21. The van der Waals surface area contributed by atoms with Gasteiger partial charge in [0.1, 0.15) is 37.8 Å². The molecule has 1 amide bonds. The molecule has 0 unspecified atom stereocenters. The number of ether oxygens (including phenoxy) is 5. The maximum atomic E-state index is 11.9. The normalized spacial score (nSPS) is 23.3. The SMILES string of the molecule is CC(=O)[C@@H]1CCC[C@H](CC(=O)OCc2ccccc2)C1.CC(C)(C)OC(=O)C[C@@H]1CCC[C@H](N)C1.NC(=O)[C@@H]1CCC[C@H](CC(=O)OCc2ccccc2)C1.N[C@@H]1CCC[C@H](CC(=O)OCc2ccccc2)C1.O=C(C[C@H]1CCC[C@@H](C(=O)O)C1)OCc1ccccc1. The molecule has 17 heteroatoms. The van der Waals surface area contributed by atoms with Crippen molar-refractivity contribution in [3.63, 3.8) is 0 Å². The molecule has 0 radical (unpaired) electrons. The van der Waals surface area contributed by atoms with E-state index in [-0.39, 0.29) is 95.4 Å². The minimum Gasteiger partial charge on any atom is -0.481 e. The monoisotopic (exact) mass is 1290 g/mol. The first-order chi connectivity index (χ1) is 44.5. The summed E-state index contributed by atoms with van der Waals surface area (Å²) in [4.78, 5) is 92.4. The first-order valence-electron chi connectivity index (χ1n) is 34.1. The van der Waals surface area contributed by atoms with Crippen LogP contribution in [-0.2, 0) is 88.5 Å². The number of ketones is 1. The summed E-state index contributed by atoms with van der Waals surface area (Å²) in [7, 11) is 0. The Morgan fingerprint density at radius 1 is 0.387 bits per heavy atom. The molecule has 4 aromatic rings. The van der Waals surface area contributed by atoms with Crippen LogP contribution in [0.15, 0.2) is 121 Å². The molecular formula is C76H107N3O14. The lowest BCUT2D eigenvalue weighted by Crippen LogP contribution is -2.31. The molecule has 5 saturated carbocycles. The van der Waals surface area contributed by atoms with E-state index in [0.717, 1.165) is 144 Å². The second-order valence-corrected chi connectivity index (χ2v) is 27.3. The topological polar surface area (TPSA) is 281 Å². The Balaban J connectivity index is 0.000000212. The van der Waals surface area contributed by atoms with Gasteiger partial charge in [0, 0.05) is 56.0 Å². The van der Waals surface area contributed by atoms with Gasteiger partial charge in [-0.1, -0.05) is 153 Å². The summed E-state index contributed by atoms with van der Waals surface area (Å²) in [6.45, 7) is 8.66. The van der Waals surface area contributed by atoms with Gasteiger partial charge in [-0.25, -0.2) is 0 Å². The average Bonchev–Trinajstić information content (AvgIpc) is 3.39. The van der Waals surface area contributed by atoms with E-state index in [1.807, 2.05) is 142 Å². The number of carbonyl (C=O) groups excluding carboxylic acids is 7. The molecule has 4 aromatic carbocycles. The van der Waals surface area contributed by atoms with E-state index >= 15 is 0 Å². The zero-order valence-corrected chi connectivity index (χ0v) is 55.8. The van der Waals surface area contributed by atoms with Crippen molar-refractivity contribution < 1.29 is 67.1 Å². The molecule has 5 aliphatic rings. The van der Waals surface area contributed by atoms with Crippen LogP contribution in [0.1, 0.15) is 210 Å². The number of nitrogens with two attached hydrogens (primary N) is 3. The van der Waals surface area contributed by atoms with E-state index in [1.165, 1.54) is 0 Å². The van der Waals surface area contributed by atoms with E-state index in [0.29, 0.717) is 76.1 Å². The Morgan fingerprint density at radius 2 is 0.656 bits per heavy atom. The third kappa shape index (κ3) is 33.4. The summed E-state index contributed by atoms with van der Waals surface area (Å²) < 4.78 is 26.4. The third-order valence-corrected chi connectivity index (χ3v) is 18.0. The molecule has 0 saturated heterocycles. The Hall–Kier alpha value is -7.24. The van der Waals surface area contributed by atoms with Gasteiger partial charge in [0.25, 0.3) is 0 Å². The van der Waals surface area contributed by atoms with Crippen LogP contribution >= 0.6 is 0 Å². The Morgan fingerprint density at radius 3 is 0.946 bits per heavy atom. The molecule has 9 rings (SSSR count). The van der Waals surface area contributed by atoms with Crippen LogP contribution in [0.3, 0.4) is 0 Å². The fourth-order valence-corrected chi connectivity index (χ4v) is 13.1. The van der Waals surface area contributed by atoms with Crippen molar-refractivity contribution in [2.75, 3.05) is 0 Å². The number of carboxylic acids is 1. The first-order valence-corrected chi connectivity index (χ1v) is 34.1. The van der Waals surface area contributed by atoms with Crippen molar-refractivity contribution in [3.05, 3.63) is 144 Å². The second-order valence-electron chi connectivity index (χ2n) is 27.3. The summed E-state index contributed by atoms with van der Waals surface area (Å²) >= 11 is 0. The summed E-state index contributed by atoms with van der Waals surface area (Å²) in [6, 6.07) is 39.2. The fourth-order valence-electron chi connectivity index (χ4n) is 13.1. The second kappa shape index (κ2) is 42.2. The first kappa shape index (κ1) is 76.5. The summed E-state index contributed by atoms with van der Waals surface area (Å²) in [5.74, 6) is -0.176. The number of hydrogen-bond acceptors (Lipinski definition) is 15. The minimum absolute atomic E-state index is 0.0735. The quantitative estimate of drug-likeness (QED) is 0.0445. The molecule has 17 nitrogen and oxygen atoms in total. The van der Waals surface area contributed by atoms with Crippen LogP contribution in [0.25, 0.3) is 0 Å². The average molecular weight is 1290 g/mol. The van der Waals surface area contributed by atoms with E-state index in [2.05, 4.69) is 0 Å². The van der Waals surface area contributed by atoms with Gasteiger partial charge in [0.2, 0.25) is 5.91 Å². The van der Waals surface area contributed by atoms with E-state index < -0.39 is 5.97 Å². The van der Waals surface area contributed by atoms with E-state index in [9.17, 15) is 38.4 Å². The number of Topliss-reactive ketones (excluding diaryl/α,β-unsaturated/α-hetero) is 1. The van der Waals surface area contributed by atoms with Crippen LogP contribution in [-0.4, -0.2) is 70.3 Å². The largest absolute Gasteiger partial charge is 0.481 e. The van der Waals surface area contributed by atoms with Crippen molar-refractivity contribution in [1.82, 2.24) is 0 Å². The van der Waals surface area contributed by atoms with Crippen molar-refractivity contribution in [2.45, 2.75) is 232 Å². The molecule has 0 bridgehead atoms. The standard InChI is InChI=1S/C17H22O3.C16H21NO3.C16H20O4.C15H21NO2.C12H23NO2/c1-13(18)16-9-5-8-15(10-16)11-17(19)20-12-14-6-3-2-4-7-14;17-16(19)14-8-4-7-13(9-14)10-15(18)20-11-12-5-2-1-3-6-12;17-15(20-11-12-5-2-1-3-6-12)10-13-7-4-8-14(9-13)16(18)19;16-14-8-4-7-13(9-14)10-15(17)18-11-12-5-2-1-3-6-12;1-12(2,3)15-11(14)8-9-5-4-6-10(13)7-9/h2-4,6-7,15-16H,5,8-12H2,1H3;1-3,5-6,13-14H,4,7-11H2,(H2,17,19);1-3,5-6,13-14H,4,7-11H2,(H,18,19);1-3,5-6,13-14H,4,7-11,16H2;9-10H,4-8,13H2,1-3H3/t15-,16+;3*13-,14+;9-,10+/m00001/s1. The molecular weight excluding hydrogens is 1180 g/mol. The smallest absolute Gasteiger partial charge is 0.306 e. The zero-order chi connectivity index (χ0) is 67.4. The minimum atomic E-state index is -0.743. The number of aliphatic carboxylic acids is 1. The van der Waals surface area contributed by atoms with Crippen molar-refractivity contribution in [3.8, 4) is 0 Å². The molecule has 10 atom stereocenters. The molecule has 7 N–H and O–H groups in total. The molecule has 93 heavy (non-hydrogen) atoms. The predicted molar refractivity (Wildman–Crippen MR) is 358 cm³/mol. The van der Waals surface area contributed by atoms with Gasteiger partial charge >= 0.3 is 35.8 Å². The number of primary amides is 1. The van der Waals surface area contributed by atoms with Crippen LogP contribution in [0.2, 0.25) is 0 Å². The van der Waals surface area contributed by atoms with Crippen LogP contribution in [0.4, 0.5) is 0 Å². The molecule has 0 aliphatic heterocycles. The van der Waals surface area contributed by atoms with Crippen molar-refractivity contribution in [2.24, 2.45) is 64.5 Å². The highest BCUT2D eigenvalue weighted by atomic mass is 16.6. The maximum absolute atomic E-state index is 11.9. The number of carboxylic acid groups (broad SMARTS) is 1. The van der Waals surface area contributed by atoms with Crippen molar-refractivity contribution in [1.29, 1.82) is 0 Å². The molecule has 510 valence electrons. The van der Waals surface area contributed by atoms with Gasteiger partial charge in [-0.2, -0.15) is 0 Å². The van der Waals surface area contributed by atoms with Gasteiger partial charge in [0.15, 0.2) is 0 Å². The molecule has 0 aromatic heterocycles. The van der Waals surface area contributed by atoms with Gasteiger partial charge in [-0.3, -0.25) is 38.4 Å². The maximum Gasteiger partial charge on any atom is 0.306 e. The fraction of sp³-hybridized carbons (Fsp3) is 0.579. The number of benzene rings is 4. The van der Waals surface area contributed by atoms with E-state index in [4.69, 9.17) is 46.0 Å². The van der Waals surface area contributed by atoms with Gasteiger partial charge in [0.05, 0.1) is 5.92 Å². The lowest BCUT2D eigenvalue weighted by Gasteiger charge is -2.27. The highest BCUT2D eigenvalue weighted by molar-refractivity contribution is 5.79. The third-order valence-electron chi connectivity index (χ3n) is 18.0. The van der Waals surface area contributed by atoms with Gasteiger partial charge in [-0.05, 0) is 176 Å². The predicted octanol–water partition coefficient (Wildman–Crippen LogP) is 13.8. The van der Waals surface area contributed by atoms with Gasteiger partial charge in [-0.15, -0.1) is 0 Å². The molecule has 0 heterocycles. The zero-order valence-electron chi connectivity index (χ0n) is 55.8. The Labute approximate surface area is 552 Å². The number of hydrogen-bond donors (Lipinski definition) is 4. The Kier molecular flexibility index (Phi) is 34.7. The van der Waals surface area contributed by atoms with Crippen LogP contribution in [0.5, 0.6) is 0 Å².